The van der Waals surface area contributed by atoms with Gasteiger partial charge in [-0.1, -0.05) is 36.4 Å². The maximum Gasteiger partial charge on any atom is 0.239 e. The van der Waals surface area contributed by atoms with Gasteiger partial charge in [-0.2, -0.15) is 0 Å². The van der Waals surface area contributed by atoms with Crippen molar-refractivity contribution in [2.45, 2.75) is 13.3 Å². The molecule has 0 aliphatic heterocycles. The molecule has 0 unspecified atom stereocenters. The van der Waals surface area contributed by atoms with E-state index in [0.717, 1.165) is 5.56 Å². The van der Waals surface area contributed by atoms with Gasteiger partial charge in [0, 0.05) is 18.3 Å². The van der Waals surface area contributed by atoms with Crippen LogP contribution < -0.4 is 15.4 Å². The summed E-state index contributed by atoms with van der Waals surface area (Å²) in [5, 5.41) is 5.19. The zero-order chi connectivity index (χ0) is 19.0. The Morgan fingerprint density at radius 3 is 2.23 bits per heavy atom. The summed E-state index contributed by atoms with van der Waals surface area (Å²) in [7, 11) is -3.56. The highest BCUT2D eigenvalue weighted by atomic mass is 32.2. The minimum atomic E-state index is -3.56. The zero-order valence-corrected chi connectivity index (χ0v) is 15.2. The molecule has 0 spiro atoms. The number of carbonyl (C=O) groups is 2. The van der Waals surface area contributed by atoms with Crippen LogP contribution in [0.15, 0.2) is 54.6 Å². The molecule has 138 valence electrons. The molecule has 0 aromatic heterocycles. The van der Waals surface area contributed by atoms with Gasteiger partial charge < -0.3 is 10.6 Å². The minimum absolute atomic E-state index is 0.0949. The summed E-state index contributed by atoms with van der Waals surface area (Å²) in [4.78, 5) is 23.0. The third-order valence-electron chi connectivity index (χ3n) is 3.42. The van der Waals surface area contributed by atoms with E-state index in [1.54, 1.807) is 24.3 Å². The highest BCUT2D eigenvalue weighted by molar-refractivity contribution is 7.89. The van der Waals surface area contributed by atoms with Gasteiger partial charge in [-0.3, -0.25) is 9.59 Å². The van der Waals surface area contributed by atoms with E-state index in [1.165, 1.54) is 6.92 Å². The van der Waals surface area contributed by atoms with Crippen molar-refractivity contribution in [3.8, 4) is 0 Å². The van der Waals surface area contributed by atoms with Crippen LogP contribution in [-0.2, 0) is 26.0 Å². The normalized spacial score (nSPS) is 11.0. The standard InChI is InChI=1S/C18H21N3O4S/c1-14(22)20-16-8-5-9-17(12-16)21-18(23)13-19-26(24,25)11-10-15-6-3-2-4-7-15/h2-9,12,19H,10-11,13H2,1H3,(H,20,22)(H,21,23). The number of amides is 2. The van der Waals surface area contributed by atoms with Crippen molar-refractivity contribution in [2.75, 3.05) is 22.9 Å². The summed E-state index contributed by atoms with van der Waals surface area (Å²) in [6.45, 7) is 1.02. The Kier molecular flexibility index (Phi) is 6.88. The van der Waals surface area contributed by atoms with Crippen molar-refractivity contribution >= 4 is 33.2 Å². The Morgan fingerprint density at radius 2 is 1.58 bits per heavy atom. The second-order valence-electron chi connectivity index (χ2n) is 5.69. The van der Waals surface area contributed by atoms with Crippen LogP contribution in [0.4, 0.5) is 11.4 Å². The molecule has 0 radical (unpaired) electrons. The lowest BCUT2D eigenvalue weighted by atomic mass is 10.2. The number of carbonyl (C=O) groups excluding carboxylic acids is 2. The summed E-state index contributed by atoms with van der Waals surface area (Å²) >= 11 is 0. The molecule has 0 aliphatic rings. The molecule has 3 N–H and O–H groups in total. The third kappa shape index (κ3) is 7.04. The highest BCUT2D eigenvalue weighted by Crippen LogP contribution is 2.14. The predicted molar refractivity (Wildman–Crippen MR) is 101 cm³/mol. The van der Waals surface area contributed by atoms with Gasteiger partial charge in [0.25, 0.3) is 0 Å². The quantitative estimate of drug-likeness (QED) is 0.654. The molecule has 0 saturated heterocycles. The van der Waals surface area contributed by atoms with Crippen molar-refractivity contribution in [1.82, 2.24) is 4.72 Å². The monoisotopic (exact) mass is 375 g/mol. The van der Waals surface area contributed by atoms with Crippen molar-refractivity contribution in [3.63, 3.8) is 0 Å². The first-order chi connectivity index (χ1) is 12.3. The number of sulfonamides is 1. The number of anilines is 2. The smallest absolute Gasteiger partial charge is 0.239 e. The van der Waals surface area contributed by atoms with E-state index < -0.39 is 15.9 Å². The first-order valence-corrected chi connectivity index (χ1v) is 9.68. The van der Waals surface area contributed by atoms with E-state index in [1.807, 2.05) is 30.3 Å². The summed E-state index contributed by atoms with van der Waals surface area (Å²) in [5.41, 5.74) is 1.92. The number of hydrogen-bond acceptors (Lipinski definition) is 4. The molecule has 0 saturated carbocycles. The second-order valence-corrected chi connectivity index (χ2v) is 7.61. The fourth-order valence-electron chi connectivity index (χ4n) is 2.23. The van der Waals surface area contributed by atoms with Gasteiger partial charge in [0.15, 0.2) is 0 Å². The lowest BCUT2D eigenvalue weighted by Gasteiger charge is -2.09. The van der Waals surface area contributed by atoms with E-state index in [4.69, 9.17) is 0 Å². The second kappa shape index (κ2) is 9.12. The molecule has 8 heteroatoms. The van der Waals surface area contributed by atoms with Gasteiger partial charge >= 0.3 is 0 Å². The molecule has 2 amide bonds. The molecular weight excluding hydrogens is 354 g/mol. The lowest BCUT2D eigenvalue weighted by molar-refractivity contribution is -0.115. The van der Waals surface area contributed by atoms with Gasteiger partial charge in [0.05, 0.1) is 12.3 Å². The Labute approximate surface area is 152 Å². The van der Waals surface area contributed by atoms with Gasteiger partial charge in [0.1, 0.15) is 0 Å². The molecule has 7 nitrogen and oxygen atoms in total. The zero-order valence-electron chi connectivity index (χ0n) is 14.4. The van der Waals surface area contributed by atoms with Crippen molar-refractivity contribution in [1.29, 1.82) is 0 Å². The fourth-order valence-corrected chi connectivity index (χ4v) is 3.23. The summed E-state index contributed by atoms with van der Waals surface area (Å²) < 4.78 is 26.3. The molecule has 26 heavy (non-hydrogen) atoms. The molecule has 2 aromatic rings. The predicted octanol–water partition coefficient (Wildman–Crippen LogP) is 1.75. The Morgan fingerprint density at radius 1 is 0.923 bits per heavy atom. The maximum atomic E-state index is 12.0. The molecule has 0 atom stereocenters. The highest BCUT2D eigenvalue weighted by Gasteiger charge is 2.13. The Hall–Kier alpha value is -2.71. The fraction of sp³-hybridized carbons (Fsp3) is 0.222. The van der Waals surface area contributed by atoms with E-state index in [2.05, 4.69) is 15.4 Å². The molecule has 0 bridgehead atoms. The van der Waals surface area contributed by atoms with Crippen molar-refractivity contribution in [3.05, 3.63) is 60.2 Å². The first kappa shape index (κ1) is 19.6. The van der Waals surface area contributed by atoms with Gasteiger partial charge in [-0.25, -0.2) is 13.1 Å². The maximum absolute atomic E-state index is 12.0. The van der Waals surface area contributed by atoms with Gasteiger partial charge in [-0.15, -0.1) is 0 Å². The van der Waals surface area contributed by atoms with Crippen LogP contribution in [0.25, 0.3) is 0 Å². The minimum Gasteiger partial charge on any atom is -0.326 e. The van der Waals surface area contributed by atoms with Crippen LogP contribution in [0.1, 0.15) is 12.5 Å². The van der Waals surface area contributed by atoms with Crippen LogP contribution in [0.5, 0.6) is 0 Å². The van der Waals surface area contributed by atoms with Crippen LogP contribution in [0.2, 0.25) is 0 Å². The largest absolute Gasteiger partial charge is 0.326 e. The number of nitrogens with one attached hydrogen (secondary N) is 3. The average molecular weight is 375 g/mol. The summed E-state index contributed by atoms with van der Waals surface area (Å²) in [6.07, 6.45) is 0.372. The Bertz CT molecular complexity index is 867. The van der Waals surface area contributed by atoms with Crippen LogP contribution >= 0.6 is 0 Å². The first-order valence-electron chi connectivity index (χ1n) is 8.03. The SMILES string of the molecule is CC(=O)Nc1cccc(NC(=O)CNS(=O)(=O)CCc2ccccc2)c1. The third-order valence-corrected chi connectivity index (χ3v) is 4.75. The lowest BCUT2D eigenvalue weighted by Crippen LogP contribution is -2.34. The van der Waals surface area contributed by atoms with Crippen molar-refractivity contribution in [2.24, 2.45) is 0 Å². The average Bonchev–Trinajstić information content (AvgIpc) is 2.59. The molecule has 2 aromatic carbocycles. The molecule has 0 fully saturated rings. The summed E-state index contributed by atoms with van der Waals surface area (Å²) in [6, 6.07) is 15.8. The van der Waals surface area contributed by atoms with E-state index in [-0.39, 0.29) is 18.2 Å². The number of aryl methyl sites for hydroxylation is 1. The van der Waals surface area contributed by atoms with Crippen LogP contribution in [-0.4, -0.2) is 32.5 Å². The number of benzene rings is 2. The molecular formula is C18H21N3O4S. The number of hydrogen-bond donors (Lipinski definition) is 3. The van der Waals surface area contributed by atoms with Gasteiger partial charge in [-0.05, 0) is 30.2 Å². The van der Waals surface area contributed by atoms with Crippen LogP contribution in [0.3, 0.4) is 0 Å². The van der Waals surface area contributed by atoms with Crippen LogP contribution in [0, 0.1) is 0 Å². The molecule has 0 aliphatic carbocycles. The van der Waals surface area contributed by atoms with Crippen molar-refractivity contribution < 1.29 is 18.0 Å². The Balaban J connectivity index is 1.83. The molecule has 0 heterocycles. The number of rotatable bonds is 8. The van der Waals surface area contributed by atoms with E-state index in [9.17, 15) is 18.0 Å². The van der Waals surface area contributed by atoms with E-state index >= 15 is 0 Å². The van der Waals surface area contributed by atoms with Gasteiger partial charge in [0.2, 0.25) is 21.8 Å². The van der Waals surface area contributed by atoms with E-state index in [0.29, 0.717) is 17.8 Å². The molecule has 2 rings (SSSR count). The summed E-state index contributed by atoms with van der Waals surface area (Å²) in [5.74, 6) is -0.810. The topological polar surface area (TPSA) is 104 Å².